The first kappa shape index (κ1) is 13.5. The van der Waals surface area contributed by atoms with Crippen LogP contribution in [0.1, 0.15) is 15.4 Å². The lowest BCUT2D eigenvalue weighted by molar-refractivity contribution is 0.0821. The minimum Gasteiger partial charge on any atom is -0.368 e. The van der Waals surface area contributed by atoms with E-state index in [-0.39, 0.29) is 5.91 Å². The first-order chi connectivity index (χ1) is 9.16. The van der Waals surface area contributed by atoms with Gasteiger partial charge in [0.15, 0.2) is 5.69 Å². The molecule has 0 aromatic carbocycles. The minimum absolute atomic E-state index is 0.141. The third-order valence-corrected chi connectivity index (χ3v) is 3.48. The first-order valence-electron chi connectivity index (χ1n) is 5.98. The summed E-state index contributed by atoms with van der Waals surface area (Å²) in [4.78, 5) is 14.4. The Morgan fingerprint density at radius 2 is 2.16 bits per heavy atom. The molecule has 19 heavy (non-hydrogen) atoms. The standard InChI is InChI=1S/C13H16N4OS/c1-17(2)13(18)11-5-6-12(16-15-11)14-8-7-10-4-3-9-19-10/h3-6,9H,7-8H2,1-2H3,(H,14,16). The third kappa shape index (κ3) is 3.75. The normalized spacial score (nSPS) is 10.2. The molecule has 0 saturated carbocycles. The van der Waals surface area contributed by atoms with Crippen molar-refractivity contribution in [1.82, 2.24) is 15.1 Å². The molecule has 5 nitrogen and oxygen atoms in total. The van der Waals surface area contributed by atoms with E-state index in [4.69, 9.17) is 0 Å². The molecule has 1 N–H and O–H groups in total. The zero-order valence-electron chi connectivity index (χ0n) is 11.0. The van der Waals surface area contributed by atoms with E-state index < -0.39 is 0 Å². The highest BCUT2D eigenvalue weighted by atomic mass is 32.1. The molecule has 2 rings (SSSR count). The van der Waals surface area contributed by atoms with Crippen molar-refractivity contribution in [2.24, 2.45) is 0 Å². The summed E-state index contributed by atoms with van der Waals surface area (Å²) in [5.41, 5.74) is 0.355. The van der Waals surface area contributed by atoms with Crippen LogP contribution in [0.4, 0.5) is 5.82 Å². The van der Waals surface area contributed by atoms with Gasteiger partial charge in [-0.25, -0.2) is 0 Å². The molecule has 0 bridgehead atoms. The molecule has 0 aliphatic rings. The molecule has 0 saturated heterocycles. The Bertz CT molecular complexity index is 522. The Balaban J connectivity index is 1.86. The van der Waals surface area contributed by atoms with Crippen LogP contribution in [0.2, 0.25) is 0 Å². The van der Waals surface area contributed by atoms with Crippen LogP contribution in [0.5, 0.6) is 0 Å². The lowest BCUT2D eigenvalue weighted by Gasteiger charge is -2.09. The summed E-state index contributed by atoms with van der Waals surface area (Å²) in [5.74, 6) is 0.546. The Kier molecular flexibility index (Phi) is 4.46. The van der Waals surface area contributed by atoms with Gasteiger partial charge in [0.2, 0.25) is 0 Å². The monoisotopic (exact) mass is 276 g/mol. The van der Waals surface area contributed by atoms with Gasteiger partial charge in [-0.1, -0.05) is 6.07 Å². The van der Waals surface area contributed by atoms with Crippen molar-refractivity contribution in [3.8, 4) is 0 Å². The molecule has 0 unspecified atom stereocenters. The zero-order valence-corrected chi connectivity index (χ0v) is 11.8. The smallest absolute Gasteiger partial charge is 0.273 e. The number of hydrogen-bond donors (Lipinski definition) is 1. The number of amides is 1. The van der Waals surface area contributed by atoms with E-state index in [2.05, 4.69) is 27.0 Å². The number of thiophene rings is 1. The van der Waals surface area contributed by atoms with Crippen molar-refractivity contribution >= 4 is 23.1 Å². The van der Waals surface area contributed by atoms with E-state index in [1.165, 1.54) is 9.78 Å². The molecule has 1 amide bonds. The van der Waals surface area contributed by atoms with Crippen molar-refractivity contribution in [3.05, 3.63) is 40.2 Å². The van der Waals surface area contributed by atoms with Gasteiger partial charge in [0.05, 0.1) is 0 Å². The van der Waals surface area contributed by atoms with Gasteiger partial charge >= 0.3 is 0 Å². The second kappa shape index (κ2) is 6.29. The fourth-order valence-electron chi connectivity index (χ4n) is 1.54. The van der Waals surface area contributed by atoms with Crippen molar-refractivity contribution in [3.63, 3.8) is 0 Å². The molecule has 100 valence electrons. The number of nitrogens with one attached hydrogen (secondary N) is 1. The molecule has 0 fully saturated rings. The third-order valence-electron chi connectivity index (χ3n) is 2.55. The van der Waals surface area contributed by atoms with E-state index in [9.17, 15) is 4.79 Å². The highest BCUT2D eigenvalue weighted by molar-refractivity contribution is 7.09. The molecule has 0 radical (unpaired) electrons. The molecule has 0 aliphatic heterocycles. The predicted molar refractivity (Wildman–Crippen MR) is 76.6 cm³/mol. The van der Waals surface area contributed by atoms with Gasteiger partial charge in [-0.2, -0.15) is 0 Å². The van der Waals surface area contributed by atoms with Crippen molar-refractivity contribution in [1.29, 1.82) is 0 Å². The molecular formula is C13H16N4OS. The summed E-state index contributed by atoms with van der Waals surface area (Å²) in [5, 5.41) is 13.2. The Morgan fingerprint density at radius 1 is 1.32 bits per heavy atom. The van der Waals surface area contributed by atoms with Crippen LogP contribution in [-0.2, 0) is 6.42 Å². The summed E-state index contributed by atoms with van der Waals surface area (Å²) in [6, 6.07) is 7.61. The predicted octanol–water partition coefficient (Wildman–Crippen LogP) is 1.89. The summed E-state index contributed by atoms with van der Waals surface area (Å²) < 4.78 is 0. The number of rotatable bonds is 5. The minimum atomic E-state index is -0.141. The SMILES string of the molecule is CN(C)C(=O)c1ccc(NCCc2cccs2)nn1. The number of hydrogen-bond acceptors (Lipinski definition) is 5. The number of carbonyl (C=O) groups is 1. The fourth-order valence-corrected chi connectivity index (χ4v) is 2.25. The van der Waals surface area contributed by atoms with E-state index >= 15 is 0 Å². The maximum Gasteiger partial charge on any atom is 0.273 e. The summed E-state index contributed by atoms with van der Waals surface area (Å²) in [6.07, 6.45) is 0.956. The molecule has 0 atom stereocenters. The maximum absolute atomic E-state index is 11.6. The Labute approximate surface area is 116 Å². The van der Waals surface area contributed by atoms with E-state index in [1.807, 2.05) is 6.07 Å². The van der Waals surface area contributed by atoms with Crippen LogP contribution < -0.4 is 5.32 Å². The molecular weight excluding hydrogens is 260 g/mol. The van der Waals surface area contributed by atoms with Crippen LogP contribution in [0.3, 0.4) is 0 Å². The van der Waals surface area contributed by atoms with Gasteiger partial charge in [0, 0.05) is 25.5 Å². The number of nitrogens with zero attached hydrogens (tertiary/aromatic N) is 3. The maximum atomic E-state index is 11.6. The molecule has 2 aromatic heterocycles. The van der Waals surface area contributed by atoms with Gasteiger partial charge < -0.3 is 10.2 Å². The molecule has 6 heteroatoms. The van der Waals surface area contributed by atoms with Crippen LogP contribution in [0.25, 0.3) is 0 Å². The van der Waals surface area contributed by atoms with Crippen molar-refractivity contribution in [2.45, 2.75) is 6.42 Å². The quantitative estimate of drug-likeness (QED) is 0.906. The Morgan fingerprint density at radius 3 is 2.74 bits per heavy atom. The van der Waals surface area contributed by atoms with Gasteiger partial charge in [0.1, 0.15) is 5.82 Å². The molecule has 2 aromatic rings. The van der Waals surface area contributed by atoms with Crippen LogP contribution in [0.15, 0.2) is 29.6 Å². The fraction of sp³-hybridized carbons (Fsp3) is 0.308. The van der Waals surface area contributed by atoms with Crippen LogP contribution >= 0.6 is 11.3 Å². The van der Waals surface area contributed by atoms with Crippen molar-refractivity contribution in [2.75, 3.05) is 26.0 Å². The molecule has 0 spiro atoms. The highest BCUT2D eigenvalue weighted by Gasteiger charge is 2.09. The molecule has 0 aliphatic carbocycles. The van der Waals surface area contributed by atoms with E-state index in [0.717, 1.165) is 13.0 Å². The van der Waals surface area contributed by atoms with Gasteiger partial charge in [-0.3, -0.25) is 4.79 Å². The highest BCUT2D eigenvalue weighted by Crippen LogP contribution is 2.09. The largest absolute Gasteiger partial charge is 0.368 e. The van der Waals surface area contributed by atoms with Gasteiger partial charge in [-0.15, -0.1) is 21.5 Å². The van der Waals surface area contributed by atoms with Crippen LogP contribution in [-0.4, -0.2) is 41.6 Å². The average Bonchev–Trinajstić information content (AvgIpc) is 2.92. The topological polar surface area (TPSA) is 58.1 Å². The van der Waals surface area contributed by atoms with Crippen LogP contribution in [0, 0.1) is 0 Å². The number of carbonyl (C=O) groups excluding carboxylic acids is 1. The second-order valence-corrected chi connectivity index (χ2v) is 5.29. The number of anilines is 1. The summed E-state index contributed by atoms with van der Waals surface area (Å²) >= 11 is 1.74. The van der Waals surface area contributed by atoms with E-state index in [0.29, 0.717) is 11.5 Å². The average molecular weight is 276 g/mol. The lowest BCUT2D eigenvalue weighted by atomic mass is 10.3. The van der Waals surface area contributed by atoms with Gasteiger partial charge in [-0.05, 0) is 30.0 Å². The Hall–Kier alpha value is -1.95. The van der Waals surface area contributed by atoms with Crippen molar-refractivity contribution < 1.29 is 4.79 Å². The second-order valence-electron chi connectivity index (χ2n) is 4.26. The van der Waals surface area contributed by atoms with E-state index in [1.54, 1.807) is 37.6 Å². The number of aromatic nitrogens is 2. The lowest BCUT2D eigenvalue weighted by Crippen LogP contribution is -2.23. The van der Waals surface area contributed by atoms with Gasteiger partial charge in [0.25, 0.3) is 5.91 Å². The summed E-state index contributed by atoms with van der Waals surface area (Å²) in [7, 11) is 3.38. The zero-order chi connectivity index (χ0) is 13.7. The first-order valence-corrected chi connectivity index (χ1v) is 6.86. The summed E-state index contributed by atoms with van der Waals surface area (Å²) in [6.45, 7) is 0.802. The molecule has 2 heterocycles.